The molecule has 86 valence electrons. The average Bonchev–Trinajstić information content (AvgIpc) is 3.02. The van der Waals surface area contributed by atoms with Crippen LogP contribution < -0.4 is 11.1 Å². The Labute approximate surface area is 91.2 Å². The Hall–Kier alpha value is -0.770. The van der Waals surface area contributed by atoms with Crippen molar-refractivity contribution in [1.29, 1.82) is 0 Å². The van der Waals surface area contributed by atoms with Gasteiger partial charge in [-0.05, 0) is 38.5 Å². The minimum Gasteiger partial charge on any atom is -0.335 e. The van der Waals surface area contributed by atoms with E-state index in [2.05, 4.69) is 5.32 Å². The van der Waals surface area contributed by atoms with Gasteiger partial charge in [-0.2, -0.15) is 0 Å². The van der Waals surface area contributed by atoms with Gasteiger partial charge in [0.1, 0.15) is 0 Å². The van der Waals surface area contributed by atoms with Crippen LogP contribution in [-0.4, -0.2) is 36.1 Å². The lowest BCUT2D eigenvalue weighted by Crippen LogP contribution is -2.49. The summed E-state index contributed by atoms with van der Waals surface area (Å²) in [7, 11) is 0. The summed E-state index contributed by atoms with van der Waals surface area (Å²) < 4.78 is 0. The number of piperidine rings is 1. The van der Waals surface area contributed by atoms with Crippen molar-refractivity contribution >= 4 is 6.03 Å². The number of likely N-dealkylation sites (tertiary alicyclic amines) is 1. The molecule has 1 aliphatic heterocycles. The summed E-state index contributed by atoms with van der Waals surface area (Å²) in [5.74, 6) is 0.476. The van der Waals surface area contributed by atoms with Gasteiger partial charge in [0.05, 0.1) is 0 Å². The van der Waals surface area contributed by atoms with Crippen molar-refractivity contribution in [3.8, 4) is 0 Å². The zero-order chi connectivity index (χ0) is 10.8. The highest BCUT2D eigenvalue weighted by molar-refractivity contribution is 5.75. The van der Waals surface area contributed by atoms with E-state index in [1.807, 2.05) is 11.8 Å². The molecule has 0 radical (unpaired) electrons. The summed E-state index contributed by atoms with van der Waals surface area (Å²) in [6, 6.07) is 0.762. The first-order valence-electron chi connectivity index (χ1n) is 5.98. The molecule has 2 fully saturated rings. The van der Waals surface area contributed by atoms with Crippen LogP contribution >= 0.6 is 0 Å². The molecule has 15 heavy (non-hydrogen) atoms. The summed E-state index contributed by atoms with van der Waals surface area (Å²) in [5, 5.41) is 3.03. The minimum absolute atomic E-state index is 0.114. The number of nitrogens with zero attached hydrogens (tertiary/aromatic N) is 1. The van der Waals surface area contributed by atoms with E-state index in [1.165, 1.54) is 0 Å². The molecule has 4 heteroatoms. The van der Waals surface area contributed by atoms with Gasteiger partial charge < -0.3 is 16.0 Å². The van der Waals surface area contributed by atoms with Gasteiger partial charge in [0.2, 0.25) is 0 Å². The van der Waals surface area contributed by atoms with Crippen LogP contribution in [0.2, 0.25) is 0 Å². The number of hydrogen-bond donors (Lipinski definition) is 2. The molecule has 2 unspecified atom stereocenters. The first kappa shape index (κ1) is 10.7. The summed E-state index contributed by atoms with van der Waals surface area (Å²) in [6.07, 6.45) is 4.54. The van der Waals surface area contributed by atoms with E-state index < -0.39 is 0 Å². The highest BCUT2D eigenvalue weighted by Crippen LogP contribution is 2.21. The fourth-order valence-corrected chi connectivity index (χ4v) is 2.12. The molecule has 4 nitrogen and oxygen atoms in total. The molecule has 3 N–H and O–H groups in total. The summed E-state index contributed by atoms with van der Waals surface area (Å²) in [4.78, 5) is 13.7. The second-order valence-corrected chi connectivity index (χ2v) is 4.93. The van der Waals surface area contributed by atoms with E-state index in [-0.39, 0.29) is 12.1 Å². The smallest absolute Gasteiger partial charge is 0.317 e. The molecule has 0 bridgehead atoms. The van der Waals surface area contributed by atoms with Gasteiger partial charge in [-0.15, -0.1) is 0 Å². The predicted molar refractivity (Wildman–Crippen MR) is 59.5 cm³/mol. The largest absolute Gasteiger partial charge is 0.335 e. The van der Waals surface area contributed by atoms with Crippen LogP contribution in [-0.2, 0) is 0 Å². The molecule has 1 heterocycles. The molecular formula is C11H21N3O. The van der Waals surface area contributed by atoms with Crippen LogP contribution in [0.25, 0.3) is 0 Å². The van der Waals surface area contributed by atoms with Gasteiger partial charge in [-0.1, -0.05) is 0 Å². The summed E-state index contributed by atoms with van der Waals surface area (Å²) in [6.45, 7) is 3.75. The van der Waals surface area contributed by atoms with Crippen molar-refractivity contribution in [3.05, 3.63) is 0 Å². The first-order chi connectivity index (χ1) is 7.16. The van der Waals surface area contributed by atoms with E-state index in [0.717, 1.165) is 38.8 Å². The molecule has 0 aromatic rings. The van der Waals surface area contributed by atoms with Crippen LogP contribution in [0.5, 0.6) is 0 Å². The fraction of sp³-hybridized carbons (Fsp3) is 0.909. The molecule has 2 aliphatic rings. The lowest BCUT2D eigenvalue weighted by molar-refractivity contribution is 0.158. The van der Waals surface area contributed by atoms with Crippen molar-refractivity contribution in [2.75, 3.05) is 13.1 Å². The number of rotatable bonds is 2. The average molecular weight is 211 g/mol. The highest BCUT2D eigenvalue weighted by atomic mass is 16.2. The van der Waals surface area contributed by atoms with E-state index in [1.54, 1.807) is 0 Å². The number of amides is 2. The Kier molecular flexibility index (Phi) is 3.14. The highest BCUT2D eigenvalue weighted by Gasteiger charge is 2.29. The third kappa shape index (κ3) is 2.84. The first-order valence-corrected chi connectivity index (χ1v) is 5.98. The Balaban J connectivity index is 1.82. The molecule has 2 rings (SSSR count). The number of hydrogen-bond acceptors (Lipinski definition) is 2. The molecule has 1 aliphatic carbocycles. The van der Waals surface area contributed by atoms with E-state index in [9.17, 15) is 4.79 Å². The van der Waals surface area contributed by atoms with E-state index >= 15 is 0 Å². The standard InChI is InChI=1S/C11H21N3O/c1-8(12)9-3-2-6-14(7-9)11(15)13-10-4-5-10/h8-10H,2-7,12H2,1H3,(H,13,15). The second kappa shape index (κ2) is 4.39. The molecular weight excluding hydrogens is 190 g/mol. The van der Waals surface area contributed by atoms with Crippen molar-refractivity contribution in [1.82, 2.24) is 10.2 Å². The van der Waals surface area contributed by atoms with E-state index in [4.69, 9.17) is 5.73 Å². The van der Waals surface area contributed by atoms with Gasteiger partial charge >= 0.3 is 6.03 Å². The third-order valence-electron chi connectivity index (χ3n) is 3.39. The monoisotopic (exact) mass is 211 g/mol. The fourth-order valence-electron chi connectivity index (χ4n) is 2.12. The Morgan fingerprint density at radius 2 is 2.20 bits per heavy atom. The molecule has 0 aromatic carbocycles. The number of nitrogens with one attached hydrogen (secondary N) is 1. The topological polar surface area (TPSA) is 58.4 Å². The quantitative estimate of drug-likeness (QED) is 0.713. The zero-order valence-electron chi connectivity index (χ0n) is 9.41. The van der Waals surface area contributed by atoms with Gasteiger partial charge in [0, 0.05) is 25.2 Å². The molecule has 2 atom stereocenters. The molecule has 1 saturated heterocycles. The van der Waals surface area contributed by atoms with Gasteiger partial charge in [0.25, 0.3) is 0 Å². The van der Waals surface area contributed by atoms with E-state index in [0.29, 0.717) is 12.0 Å². The molecule has 0 spiro atoms. The van der Waals surface area contributed by atoms with Crippen LogP contribution in [0, 0.1) is 5.92 Å². The SMILES string of the molecule is CC(N)C1CCCN(C(=O)NC2CC2)C1. The van der Waals surface area contributed by atoms with Crippen LogP contribution in [0.1, 0.15) is 32.6 Å². The normalized spacial score (nSPS) is 28.7. The minimum atomic E-state index is 0.114. The number of carbonyl (C=O) groups is 1. The molecule has 0 aromatic heterocycles. The maximum absolute atomic E-state index is 11.8. The third-order valence-corrected chi connectivity index (χ3v) is 3.39. The van der Waals surface area contributed by atoms with Crippen LogP contribution in [0.4, 0.5) is 4.79 Å². The maximum atomic E-state index is 11.8. The lowest BCUT2D eigenvalue weighted by atomic mass is 9.92. The number of nitrogens with two attached hydrogens (primary N) is 1. The summed E-state index contributed by atoms with van der Waals surface area (Å²) in [5.41, 5.74) is 5.88. The van der Waals surface area contributed by atoms with Crippen LogP contribution in [0.15, 0.2) is 0 Å². The van der Waals surface area contributed by atoms with Crippen molar-refractivity contribution < 1.29 is 4.79 Å². The van der Waals surface area contributed by atoms with Gasteiger partial charge in [-0.3, -0.25) is 0 Å². The van der Waals surface area contributed by atoms with Crippen molar-refractivity contribution in [3.63, 3.8) is 0 Å². The predicted octanol–water partition coefficient (Wildman–Crippen LogP) is 0.918. The van der Waals surface area contributed by atoms with Gasteiger partial charge in [0.15, 0.2) is 0 Å². The maximum Gasteiger partial charge on any atom is 0.317 e. The van der Waals surface area contributed by atoms with Gasteiger partial charge in [-0.25, -0.2) is 4.79 Å². The zero-order valence-corrected chi connectivity index (χ0v) is 9.41. The summed E-state index contributed by atoms with van der Waals surface area (Å²) >= 11 is 0. The second-order valence-electron chi connectivity index (χ2n) is 4.93. The van der Waals surface area contributed by atoms with Crippen molar-refractivity contribution in [2.24, 2.45) is 11.7 Å². The Morgan fingerprint density at radius 3 is 2.80 bits per heavy atom. The molecule has 2 amide bonds. The Morgan fingerprint density at radius 1 is 1.47 bits per heavy atom. The van der Waals surface area contributed by atoms with Crippen molar-refractivity contribution in [2.45, 2.75) is 44.7 Å². The number of urea groups is 1. The lowest BCUT2D eigenvalue weighted by Gasteiger charge is -2.34. The number of carbonyl (C=O) groups excluding carboxylic acids is 1. The molecule has 1 saturated carbocycles. The Bertz CT molecular complexity index is 238. The van der Waals surface area contributed by atoms with Crippen LogP contribution in [0.3, 0.4) is 0 Å².